The molecule has 3 rings (SSSR count). The summed E-state index contributed by atoms with van der Waals surface area (Å²) in [6.07, 6.45) is 0. The van der Waals surface area contributed by atoms with Gasteiger partial charge in [-0.2, -0.15) is 0 Å². The summed E-state index contributed by atoms with van der Waals surface area (Å²) in [5.74, 6) is 0.747. The van der Waals surface area contributed by atoms with Crippen molar-refractivity contribution in [3.8, 4) is 40.1 Å². The summed E-state index contributed by atoms with van der Waals surface area (Å²) in [6, 6.07) is 5.43. The van der Waals surface area contributed by atoms with Crippen LogP contribution in [0, 0.1) is 10.1 Å². The zero-order chi connectivity index (χ0) is 22.0. The molecule has 1 heterocycles. The highest BCUT2D eigenvalue weighted by molar-refractivity contribution is 5.95. The van der Waals surface area contributed by atoms with Gasteiger partial charge in [-0.15, -0.1) is 0 Å². The van der Waals surface area contributed by atoms with Gasteiger partial charge in [-0.05, 0) is 12.1 Å². The first-order valence-electron chi connectivity index (χ1n) is 8.58. The number of hydrogen-bond acceptors (Lipinski definition) is 9. The molecule has 0 aliphatic carbocycles. The highest BCUT2D eigenvalue weighted by atomic mass is 16.6. The quantitative estimate of drug-likeness (QED) is 0.421. The van der Waals surface area contributed by atoms with E-state index in [1.165, 1.54) is 53.7 Å². The van der Waals surface area contributed by atoms with Crippen molar-refractivity contribution in [2.75, 3.05) is 35.5 Å². The van der Waals surface area contributed by atoms with E-state index in [9.17, 15) is 14.9 Å². The molecule has 30 heavy (non-hydrogen) atoms. The SMILES string of the molecule is COc1ccc(-c2cc(=O)c3c(OC)c(OC)c(OC)c(OC)c3o2)cc1[N+](=O)[O-]. The van der Waals surface area contributed by atoms with Gasteiger partial charge in [0.25, 0.3) is 0 Å². The van der Waals surface area contributed by atoms with Crippen LogP contribution < -0.4 is 29.1 Å². The molecule has 2 aromatic carbocycles. The maximum absolute atomic E-state index is 13.0. The van der Waals surface area contributed by atoms with Gasteiger partial charge in [0.15, 0.2) is 22.5 Å². The van der Waals surface area contributed by atoms with Crippen LogP contribution in [0.3, 0.4) is 0 Å². The van der Waals surface area contributed by atoms with Crippen molar-refractivity contribution in [2.24, 2.45) is 0 Å². The average molecular weight is 417 g/mol. The lowest BCUT2D eigenvalue weighted by molar-refractivity contribution is -0.385. The lowest BCUT2D eigenvalue weighted by atomic mass is 10.1. The molecule has 0 N–H and O–H groups in total. The van der Waals surface area contributed by atoms with E-state index in [2.05, 4.69) is 0 Å². The Hall–Kier alpha value is -3.95. The first kappa shape index (κ1) is 20.8. The number of benzene rings is 2. The van der Waals surface area contributed by atoms with Gasteiger partial charge < -0.3 is 28.1 Å². The van der Waals surface area contributed by atoms with Crippen LogP contribution in [0.1, 0.15) is 0 Å². The summed E-state index contributed by atoms with van der Waals surface area (Å²) >= 11 is 0. The van der Waals surface area contributed by atoms with Crippen LogP contribution in [0.25, 0.3) is 22.3 Å². The Labute approximate surface area is 170 Å². The molecule has 0 saturated carbocycles. The summed E-state index contributed by atoms with van der Waals surface area (Å²) in [5.41, 5.74) is -0.374. The van der Waals surface area contributed by atoms with E-state index in [0.717, 1.165) is 0 Å². The van der Waals surface area contributed by atoms with E-state index in [1.54, 1.807) is 6.07 Å². The molecule has 0 bridgehead atoms. The van der Waals surface area contributed by atoms with E-state index < -0.39 is 10.4 Å². The topological polar surface area (TPSA) is 120 Å². The molecule has 0 fully saturated rings. The third-order valence-electron chi connectivity index (χ3n) is 4.48. The van der Waals surface area contributed by atoms with E-state index in [-0.39, 0.29) is 51.2 Å². The van der Waals surface area contributed by atoms with Crippen LogP contribution >= 0.6 is 0 Å². The molecule has 0 amide bonds. The Balaban J connectivity index is 2.40. The number of ether oxygens (including phenoxy) is 5. The molecule has 10 heteroatoms. The second-order valence-corrected chi connectivity index (χ2v) is 5.96. The van der Waals surface area contributed by atoms with Crippen molar-refractivity contribution in [1.82, 2.24) is 0 Å². The van der Waals surface area contributed by atoms with Crippen LogP contribution in [-0.4, -0.2) is 40.5 Å². The highest BCUT2D eigenvalue weighted by Gasteiger charge is 2.27. The minimum atomic E-state index is -0.584. The van der Waals surface area contributed by atoms with Crippen molar-refractivity contribution in [2.45, 2.75) is 0 Å². The van der Waals surface area contributed by atoms with Gasteiger partial charge in [0.05, 0.1) is 40.5 Å². The number of nitrogens with zero attached hydrogens (tertiary/aromatic N) is 1. The molecule has 0 radical (unpaired) electrons. The molecule has 0 saturated heterocycles. The first-order chi connectivity index (χ1) is 14.4. The molecular formula is C20H19NO9. The molecule has 0 aliphatic rings. The van der Waals surface area contributed by atoms with Crippen molar-refractivity contribution >= 4 is 16.7 Å². The van der Waals surface area contributed by atoms with E-state index >= 15 is 0 Å². The van der Waals surface area contributed by atoms with Crippen molar-refractivity contribution in [3.05, 3.63) is 44.6 Å². The highest BCUT2D eigenvalue weighted by Crippen LogP contribution is 2.50. The minimum absolute atomic E-state index is 0.0490. The fraction of sp³-hybridized carbons (Fsp3) is 0.250. The maximum atomic E-state index is 13.0. The number of methoxy groups -OCH3 is 5. The van der Waals surface area contributed by atoms with E-state index in [0.29, 0.717) is 5.56 Å². The zero-order valence-electron chi connectivity index (χ0n) is 16.9. The molecule has 0 spiro atoms. The lowest BCUT2D eigenvalue weighted by Crippen LogP contribution is -2.07. The molecule has 0 unspecified atom stereocenters. The third kappa shape index (κ3) is 3.21. The Morgan fingerprint density at radius 2 is 1.43 bits per heavy atom. The van der Waals surface area contributed by atoms with Crippen LogP contribution in [-0.2, 0) is 0 Å². The Morgan fingerprint density at radius 3 is 1.97 bits per heavy atom. The van der Waals surface area contributed by atoms with Crippen molar-refractivity contribution in [3.63, 3.8) is 0 Å². The number of fused-ring (bicyclic) bond motifs is 1. The van der Waals surface area contributed by atoms with Gasteiger partial charge in [0, 0.05) is 17.7 Å². The smallest absolute Gasteiger partial charge is 0.311 e. The maximum Gasteiger partial charge on any atom is 0.311 e. The molecule has 0 atom stereocenters. The van der Waals surface area contributed by atoms with E-state index in [4.69, 9.17) is 28.1 Å². The van der Waals surface area contributed by atoms with Crippen LogP contribution in [0.2, 0.25) is 0 Å². The Morgan fingerprint density at radius 1 is 0.833 bits per heavy atom. The monoisotopic (exact) mass is 417 g/mol. The molecule has 1 aromatic heterocycles. The summed E-state index contributed by atoms with van der Waals surface area (Å²) in [6.45, 7) is 0. The Kier molecular flexibility index (Phi) is 5.67. The predicted octanol–water partition coefficient (Wildman–Crippen LogP) is 3.41. The zero-order valence-corrected chi connectivity index (χ0v) is 16.9. The predicted molar refractivity (Wildman–Crippen MR) is 107 cm³/mol. The van der Waals surface area contributed by atoms with Gasteiger partial charge in [-0.3, -0.25) is 14.9 Å². The number of nitro benzene ring substituents is 1. The standard InChI is InChI=1S/C20H19NO9/c1-25-13-7-6-10(8-11(13)21(23)24)14-9-12(22)15-16(26-2)18(27-3)20(29-5)19(28-4)17(15)30-14/h6-9H,1-5H3. The van der Waals surface area contributed by atoms with Gasteiger partial charge in [0.2, 0.25) is 17.2 Å². The van der Waals surface area contributed by atoms with E-state index in [1.807, 2.05) is 0 Å². The summed E-state index contributed by atoms with van der Waals surface area (Å²) in [7, 11) is 6.89. The third-order valence-corrected chi connectivity index (χ3v) is 4.48. The number of nitro groups is 1. The first-order valence-corrected chi connectivity index (χ1v) is 8.58. The van der Waals surface area contributed by atoms with Crippen LogP contribution in [0.15, 0.2) is 33.5 Å². The summed E-state index contributed by atoms with van der Waals surface area (Å²) < 4.78 is 32.5. The summed E-state index contributed by atoms with van der Waals surface area (Å²) in [5, 5.41) is 11.4. The summed E-state index contributed by atoms with van der Waals surface area (Å²) in [4.78, 5) is 23.7. The molecule has 10 nitrogen and oxygen atoms in total. The van der Waals surface area contributed by atoms with Crippen LogP contribution in [0.5, 0.6) is 28.7 Å². The van der Waals surface area contributed by atoms with Gasteiger partial charge >= 0.3 is 5.69 Å². The number of hydrogen-bond donors (Lipinski definition) is 0. The van der Waals surface area contributed by atoms with Gasteiger partial charge in [-0.25, -0.2) is 0 Å². The second-order valence-electron chi connectivity index (χ2n) is 5.96. The normalized spacial score (nSPS) is 10.6. The van der Waals surface area contributed by atoms with Crippen molar-refractivity contribution < 1.29 is 33.0 Å². The second kappa shape index (κ2) is 8.19. The Bertz CT molecular complexity index is 1180. The average Bonchev–Trinajstić information content (AvgIpc) is 2.76. The molecule has 158 valence electrons. The molecular weight excluding hydrogens is 398 g/mol. The van der Waals surface area contributed by atoms with Crippen LogP contribution in [0.4, 0.5) is 5.69 Å². The van der Waals surface area contributed by atoms with Gasteiger partial charge in [0.1, 0.15) is 11.1 Å². The lowest BCUT2D eigenvalue weighted by Gasteiger charge is -2.17. The largest absolute Gasteiger partial charge is 0.492 e. The molecule has 3 aromatic rings. The minimum Gasteiger partial charge on any atom is -0.492 e. The fourth-order valence-electron chi connectivity index (χ4n) is 3.17. The van der Waals surface area contributed by atoms with Crippen molar-refractivity contribution in [1.29, 1.82) is 0 Å². The van der Waals surface area contributed by atoms with Gasteiger partial charge in [-0.1, -0.05) is 0 Å². The number of rotatable bonds is 7. The molecule has 0 aliphatic heterocycles. The fourth-order valence-corrected chi connectivity index (χ4v) is 3.17.